The molecule has 1 amide bonds. The predicted octanol–water partition coefficient (Wildman–Crippen LogP) is 3.18. The molecule has 7 heteroatoms. The van der Waals surface area contributed by atoms with Crippen molar-refractivity contribution in [3.63, 3.8) is 0 Å². The van der Waals surface area contributed by atoms with Crippen molar-refractivity contribution in [2.45, 2.75) is 0 Å². The number of hydrogen-bond acceptors (Lipinski definition) is 5. The van der Waals surface area contributed by atoms with Crippen LogP contribution in [0.2, 0.25) is 5.02 Å². The van der Waals surface area contributed by atoms with Gasteiger partial charge in [-0.2, -0.15) is 0 Å². The summed E-state index contributed by atoms with van der Waals surface area (Å²) >= 11 is 7.60. The summed E-state index contributed by atoms with van der Waals surface area (Å²) in [5, 5.41) is 3.15. The topological polar surface area (TPSA) is 80.9 Å². The number of amides is 1. The van der Waals surface area contributed by atoms with E-state index in [1.54, 1.807) is 23.7 Å². The van der Waals surface area contributed by atoms with Crippen LogP contribution < -0.4 is 11.1 Å². The number of nitrogen functional groups attached to an aromatic ring is 1. The van der Waals surface area contributed by atoms with Crippen LogP contribution in [0.5, 0.6) is 0 Å². The highest BCUT2D eigenvalue weighted by Gasteiger charge is 2.15. The molecule has 0 aliphatic rings. The molecule has 3 N–H and O–H groups in total. The molecule has 3 rings (SSSR count). The second-order valence-corrected chi connectivity index (χ2v) is 5.31. The number of carbonyl (C=O) groups is 1. The molecule has 0 fully saturated rings. The molecule has 0 radical (unpaired) electrons. The third kappa shape index (κ3) is 2.19. The number of anilines is 2. The van der Waals surface area contributed by atoms with Gasteiger partial charge in [-0.25, -0.2) is 9.97 Å². The number of nitrogens with zero attached hydrogens (tertiary/aromatic N) is 2. The first-order valence-corrected chi connectivity index (χ1v) is 6.96. The highest BCUT2D eigenvalue weighted by atomic mass is 35.5. The monoisotopic (exact) mass is 304 g/mol. The molecule has 0 aliphatic carbocycles. The Kier molecular flexibility index (Phi) is 3.25. The number of nitrogens with one attached hydrogen (secondary N) is 1. The number of pyridine rings is 1. The fourth-order valence-corrected chi connectivity index (χ4v) is 2.69. The molecule has 20 heavy (non-hydrogen) atoms. The first-order chi connectivity index (χ1) is 9.66. The van der Waals surface area contributed by atoms with Crippen LogP contribution in [-0.4, -0.2) is 15.9 Å². The van der Waals surface area contributed by atoms with Crippen molar-refractivity contribution < 1.29 is 4.79 Å². The standard InChI is InChI=1S/C13H9ClN4OS/c14-7-3-4-9-12(17-6-20-9)10(7)18-13(19)11-8(15)2-1-5-16-11/h1-6H,15H2,(H,18,19). The Morgan fingerprint density at radius 2 is 2.15 bits per heavy atom. The summed E-state index contributed by atoms with van der Waals surface area (Å²) in [7, 11) is 0. The quantitative estimate of drug-likeness (QED) is 0.762. The first-order valence-electron chi connectivity index (χ1n) is 5.70. The summed E-state index contributed by atoms with van der Waals surface area (Å²) in [4.78, 5) is 20.4. The van der Waals surface area contributed by atoms with E-state index in [9.17, 15) is 4.79 Å². The minimum Gasteiger partial charge on any atom is -0.397 e. The average molecular weight is 305 g/mol. The Morgan fingerprint density at radius 1 is 1.30 bits per heavy atom. The third-order valence-corrected chi connectivity index (χ3v) is 3.85. The number of hydrogen-bond donors (Lipinski definition) is 2. The summed E-state index contributed by atoms with van der Waals surface area (Å²) in [6, 6.07) is 6.87. The van der Waals surface area contributed by atoms with E-state index in [0.29, 0.717) is 21.9 Å². The molecule has 0 bridgehead atoms. The van der Waals surface area contributed by atoms with Crippen LogP contribution in [0, 0.1) is 0 Å². The van der Waals surface area contributed by atoms with E-state index >= 15 is 0 Å². The van der Waals surface area contributed by atoms with E-state index in [2.05, 4.69) is 15.3 Å². The Balaban J connectivity index is 2.01. The maximum Gasteiger partial charge on any atom is 0.276 e. The van der Waals surface area contributed by atoms with E-state index in [0.717, 1.165) is 4.70 Å². The van der Waals surface area contributed by atoms with Crippen LogP contribution in [0.4, 0.5) is 11.4 Å². The van der Waals surface area contributed by atoms with Crippen molar-refractivity contribution >= 4 is 50.4 Å². The van der Waals surface area contributed by atoms with Gasteiger partial charge in [0.1, 0.15) is 5.52 Å². The van der Waals surface area contributed by atoms with Gasteiger partial charge in [-0.3, -0.25) is 4.79 Å². The van der Waals surface area contributed by atoms with E-state index in [1.165, 1.54) is 17.5 Å². The summed E-state index contributed by atoms with van der Waals surface area (Å²) in [5.41, 5.74) is 9.04. The van der Waals surface area contributed by atoms with Gasteiger partial charge >= 0.3 is 0 Å². The minimum atomic E-state index is -0.412. The van der Waals surface area contributed by atoms with Crippen molar-refractivity contribution in [1.29, 1.82) is 0 Å². The number of rotatable bonds is 2. The highest BCUT2D eigenvalue weighted by Crippen LogP contribution is 2.32. The van der Waals surface area contributed by atoms with Gasteiger partial charge in [0.2, 0.25) is 0 Å². The van der Waals surface area contributed by atoms with Gasteiger partial charge in [0.15, 0.2) is 5.69 Å². The third-order valence-electron chi connectivity index (χ3n) is 2.74. The molecule has 2 aromatic heterocycles. The summed E-state index contributed by atoms with van der Waals surface area (Å²) in [6.45, 7) is 0. The lowest BCUT2D eigenvalue weighted by Gasteiger charge is -2.08. The van der Waals surface area contributed by atoms with E-state index in [1.807, 2.05) is 6.07 Å². The zero-order valence-corrected chi connectivity index (χ0v) is 11.7. The number of fused-ring (bicyclic) bond motifs is 1. The number of halogens is 1. The first kappa shape index (κ1) is 12.8. The van der Waals surface area contributed by atoms with Gasteiger partial charge in [-0.05, 0) is 24.3 Å². The summed E-state index contributed by atoms with van der Waals surface area (Å²) < 4.78 is 0.943. The Labute approximate surface area is 123 Å². The van der Waals surface area contributed by atoms with Gasteiger partial charge in [-0.15, -0.1) is 11.3 Å². The van der Waals surface area contributed by atoms with E-state index < -0.39 is 5.91 Å². The second-order valence-electron chi connectivity index (χ2n) is 4.02. The zero-order valence-electron chi connectivity index (χ0n) is 10.1. The molecule has 0 saturated carbocycles. The van der Waals surface area contributed by atoms with Crippen molar-refractivity contribution in [2.24, 2.45) is 0 Å². The molecule has 3 aromatic rings. The Morgan fingerprint density at radius 3 is 2.95 bits per heavy atom. The smallest absolute Gasteiger partial charge is 0.276 e. The van der Waals surface area contributed by atoms with Gasteiger partial charge in [0.25, 0.3) is 5.91 Å². The lowest BCUT2D eigenvalue weighted by Crippen LogP contribution is -2.16. The highest BCUT2D eigenvalue weighted by molar-refractivity contribution is 7.16. The molecule has 0 spiro atoms. The molecular formula is C13H9ClN4OS. The largest absolute Gasteiger partial charge is 0.397 e. The molecule has 1 aromatic carbocycles. The molecule has 0 aliphatic heterocycles. The fraction of sp³-hybridized carbons (Fsp3) is 0. The lowest BCUT2D eigenvalue weighted by molar-refractivity contribution is 0.102. The second kappa shape index (κ2) is 5.07. The van der Waals surface area contributed by atoms with E-state index in [4.69, 9.17) is 17.3 Å². The summed E-state index contributed by atoms with van der Waals surface area (Å²) in [6.07, 6.45) is 1.51. The van der Waals surface area contributed by atoms with Crippen molar-refractivity contribution in [2.75, 3.05) is 11.1 Å². The summed E-state index contributed by atoms with van der Waals surface area (Å²) in [5.74, 6) is -0.412. The Hall–Kier alpha value is -2.18. The molecule has 0 atom stereocenters. The minimum absolute atomic E-state index is 0.163. The number of aromatic nitrogens is 2. The predicted molar refractivity (Wildman–Crippen MR) is 81.2 cm³/mol. The van der Waals surface area contributed by atoms with Crippen molar-refractivity contribution in [3.05, 3.63) is 46.7 Å². The van der Waals surface area contributed by atoms with Gasteiger partial charge < -0.3 is 11.1 Å². The van der Waals surface area contributed by atoms with Crippen LogP contribution in [0.3, 0.4) is 0 Å². The van der Waals surface area contributed by atoms with E-state index in [-0.39, 0.29) is 5.69 Å². The average Bonchev–Trinajstić information content (AvgIpc) is 2.91. The van der Waals surface area contributed by atoms with Gasteiger partial charge in [-0.1, -0.05) is 11.6 Å². The number of benzene rings is 1. The van der Waals surface area contributed by atoms with Crippen LogP contribution in [0.15, 0.2) is 36.0 Å². The zero-order chi connectivity index (χ0) is 14.1. The number of thiazole rings is 1. The molecule has 0 saturated heterocycles. The van der Waals surface area contributed by atoms with Gasteiger partial charge in [0, 0.05) is 6.20 Å². The Bertz CT molecular complexity index is 802. The van der Waals surface area contributed by atoms with Crippen LogP contribution >= 0.6 is 22.9 Å². The molecule has 2 heterocycles. The SMILES string of the molecule is Nc1cccnc1C(=O)Nc1c(Cl)ccc2scnc12. The normalized spacial score (nSPS) is 10.7. The maximum atomic E-state index is 12.2. The van der Waals surface area contributed by atoms with Crippen LogP contribution in [-0.2, 0) is 0 Å². The van der Waals surface area contributed by atoms with Crippen LogP contribution in [0.25, 0.3) is 10.2 Å². The number of nitrogens with two attached hydrogens (primary N) is 1. The fourth-order valence-electron chi connectivity index (χ4n) is 1.81. The molecular weight excluding hydrogens is 296 g/mol. The van der Waals surface area contributed by atoms with Crippen LogP contribution in [0.1, 0.15) is 10.5 Å². The molecule has 0 unspecified atom stereocenters. The van der Waals surface area contributed by atoms with Crippen molar-refractivity contribution in [3.8, 4) is 0 Å². The molecule has 100 valence electrons. The lowest BCUT2D eigenvalue weighted by atomic mass is 10.2. The number of carbonyl (C=O) groups excluding carboxylic acids is 1. The van der Waals surface area contributed by atoms with Crippen molar-refractivity contribution in [1.82, 2.24) is 9.97 Å². The maximum absolute atomic E-state index is 12.2. The van der Waals surface area contributed by atoms with Gasteiger partial charge in [0.05, 0.1) is 26.6 Å². The molecule has 5 nitrogen and oxygen atoms in total.